The Balaban J connectivity index is 1.82. The number of fused-ring (bicyclic) bond motifs is 1. The highest BCUT2D eigenvalue weighted by Gasteiger charge is 2.37. The van der Waals surface area contributed by atoms with Crippen molar-refractivity contribution >= 4 is 21.7 Å². The minimum absolute atomic E-state index is 0.0158. The molecule has 4 rings (SSSR count). The molecule has 1 N–H and O–H groups in total. The summed E-state index contributed by atoms with van der Waals surface area (Å²) in [5.74, 6) is -1.18. The van der Waals surface area contributed by atoms with Crippen LogP contribution < -0.4 is 9.04 Å². The maximum absolute atomic E-state index is 13.6. The summed E-state index contributed by atoms with van der Waals surface area (Å²) in [4.78, 5) is 10.4. The lowest BCUT2D eigenvalue weighted by atomic mass is 10.0. The molecule has 0 saturated carbocycles. The number of ether oxygens (including phenoxy) is 1. The first-order chi connectivity index (χ1) is 17.7. The summed E-state index contributed by atoms with van der Waals surface area (Å²) in [6, 6.07) is 11.5. The highest BCUT2D eigenvalue weighted by Crippen LogP contribution is 2.42. The zero-order valence-corrected chi connectivity index (χ0v) is 20.1. The van der Waals surface area contributed by atoms with Crippen LogP contribution in [0.5, 0.6) is 5.75 Å². The molecule has 0 fully saturated rings. The number of aliphatic carboxylic acids is 1. The number of carboxylic acids is 1. The first-order valence-electron chi connectivity index (χ1n) is 11.1. The molecule has 38 heavy (non-hydrogen) atoms. The number of hydrogen-bond acceptors (Lipinski definition) is 4. The van der Waals surface area contributed by atoms with Crippen molar-refractivity contribution in [2.75, 3.05) is 10.8 Å². The highest BCUT2D eigenvalue weighted by atomic mass is 32.2. The fourth-order valence-electron chi connectivity index (χ4n) is 3.99. The van der Waals surface area contributed by atoms with Gasteiger partial charge in [-0.3, -0.25) is 9.10 Å². The van der Waals surface area contributed by atoms with Gasteiger partial charge in [0.1, 0.15) is 11.9 Å². The van der Waals surface area contributed by atoms with Crippen LogP contribution in [0, 0.1) is 0 Å². The molecule has 6 nitrogen and oxygen atoms in total. The molecule has 1 aliphatic heterocycles. The second kappa shape index (κ2) is 9.86. The van der Waals surface area contributed by atoms with E-state index in [1.54, 1.807) is 0 Å². The molecular weight excluding hydrogens is 540 g/mol. The SMILES string of the molecule is O=C(O)CC[C@H]1CN(S(=O)(=O)c2cccc(C(F)(F)F)c2)c2cc(-c3cccc(C(F)(F)F)c3)ccc2O1. The van der Waals surface area contributed by atoms with Crippen LogP contribution in [0.25, 0.3) is 11.1 Å². The van der Waals surface area contributed by atoms with E-state index >= 15 is 0 Å². The maximum Gasteiger partial charge on any atom is 0.416 e. The van der Waals surface area contributed by atoms with E-state index < -0.39 is 57.0 Å². The molecule has 1 atom stereocenters. The molecule has 0 bridgehead atoms. The predicted molar refractivity (Wildman–Crippen MR) is 124 cm³/mol. The summed E-state index contributed by atoms with van der Waals surface area (Å²) in [5.41, 5.74) is -1.90. The second-order valence-corrected chi connectivity index (χ2v) is 10.4. The van der Waals surface area contributed by atoms with Gasteiger partial charge in [0.05, 0.1) is 28.3 Å². The van der Waals surface area contributed by atoms with Crippen molar-refractivity contribution in [3.05, 3.63) is 77.9 Å². The Morgan fingerprint density at radius 3 is 2.13 bits per heavy atom. The maximum atomic E-state index is 13.6. The molecule has 0 amide bonds. The third kappa shape index (κ3) is 5.72. The van der Waals surface area contributed by atoms with E-state index in [0.29, 0.717) is 12.1 Å². The fraction of sp³-hybridized carbons (Fsp3) is 0.240. The van der Waals surface area contributed by atoms with Gasteiger partial charge < -0.3 is 9.84 Å². The van der Waals surface area contributed by atoms with Gasteiger partial charge >= 0.3 is 18.3 Å². The largest absolute Gasteiger partial charge is 0.486 e. The van der Waals surface area contributed by atoms with E-state index in [2.05, 4.69) is 0 Å². The van der Waals surface area contributed by atoms with Crippen LogP contribution >= 0.6 is 0 Å². The number of benzene rings is 3. The van der Waals surface area contributed by atoms with Crippen LogP contribution in [0.1, 0.15) is 24.0 Å². The van der Waals surface area contributed by atoms with Crippen molar-refractivity contribution in [3.63, 3.8) is 0 Å². The van der Waals surface area contributed by atoms with Crippen molar-refractivity contribution in [1.29, 1.82) is 0 Å². The Labute approximate surface area is 213 Å². The molecular formula is C25H19F6NO5S. The molecule has 0 unspecified atom stereocenters. The highest BCUT2D eigenvalue weighted by molar-refractivity contribution is 7.92. The minimum Gasteiger partial charge on any atom is -0.486 e. The van der Waals surface area contributed by atoms with Gasteiger partial charge in [0.2, 0.25) is 0 Å². The van der Waals surface area contributed by atoms with Crippen LogP contribution in [0.2, 0.25) is 0 Å². The van der Waals surface area contributed by atoms with Crippen molar-refractivity contribution in [3.8, 4) is 16.9 Å². The predicted octanol–water partition coefficient (Wildman–Crippen LogP) is 6.21. The molecule has 13 heteroatoms. The summed E-state index contributed by atoms with van der Waals surface area (Å²) >= 11 is 0. The number of anilines is 1. The van der Waals surface area contributed by atoms with Gasteiger partial charge in [-0.05, 0) is 60.0 Å². The average molecular weight is 559 g/mol. The third-order valence-corrected chi connectivity index (χ3v) is 7.62. The zero-order valence-electron chi connectivity index (χ0n) is 19.3. The number of carbonyl (C=O) groups is 1. The van der Waals surface area contributed by atoms with Gasteiger partial charge in [0, 0.05) is 6.42 Å². The topological polar surface area (TPSA) is 83.9 Å². The lowest BCUT2D eigenvalue weighted by molar-refractivity contribution is -0.138. The minimum atomic E-state index is -4.81. The Morgan fingerprint density at radius 1 is 0.895 bits per heavy atom. The number of rotatable bonds is 6. The van der Waals surface area contributed by atoms with Crippen molar-refractivity contribution in [2.24, 2.45) is 0 Å². The lowest BCUT2D eigenvalue weighted by Crippen LogP contribution is -2.43. The lowest BCUT2D eigenvalue weighted by Gasteiger charge is -2.36. The quantitative estimate of drug-likeness (QED) is 0.363. The van der Waals surface area contributed by atoms with Crippen molar-refractivity contribution in [1.82, 2.24) is 0 Å². The summed E-state index contributed by atoms with van der Waals surface area (Å²) in [6.07, 6.45) is -10.8. The molecule has 0 aliphatic carbocycles. The van der Waals surface area contributed by atoms with Crippen molar-refractivity contribution in [2.45, 2.75) is 36.2 Å². The van der Waals surface area contributed by atoms with E-state index in [0.717, 1.165) is 28.6 Å². The van der Waals surface area contributed by atoms with E-state index in [-0.39, 0.29) is 35.4 Å². The number of hydrogen-bond donors (Lipinski definition) is 1. The molecule has 0 aromatic heterocycles. The van der Waals surface area contributed by atoms with Gasteiger partial charge in [0.25, 0.3) is 10.0 Å². The molecule has 1 heterocycles. The van der Waals surface area contributed by atoms with Crippen LogP contribution in [-0.2, 0) is 27.2 Å². The first kappa shape index (κ1) is 27.3. The summed E-state index contributed by atoms with van der Waals surface area (Å²) in [7, 11) is -4.63. The Morgan fingerprint density at radius 2 is 1.50 bits per heavy atom. The number of alkyl halides is 6. The summed E-state index contributed by atoms with van der Waals surface area (Å²) in [6.45, 7) is -0.426. The second-order valence-electron chi connectivity index (χ2n) is 8.50. The molecule has 3 aromatic rings. The Bertz CT molecular complexity index is 1470. The normalized spacial score (nSPS) is 16.1. The van der Waals surface area contributed by atoms with Gasteiger partial charge in [-0.25, -0.2) is 8.42 Å². The Hall–Kier alpha value is -3.74. The van der Waals surface area contributed by atoms with Crippen LogP contribution in [0.15, 0.2) is 71.6 Å². The molecule has 0 spiro atoms. The van der Waals surface area contributed by atoms with Gasteiger partial charge in [0.15, 0.2) is 0 Å². The zero-order chi connectivity index (χ0) is 27.9. The smallest absolute Gasteiger partial charge is 0.416 e. The summed E-state index contributed by atoms with van der Waals surface area (Å²) < 4.78 is 113. The standard InChI is InChI=1S/C25H19F6NO5S/c26-24(27,28)17-4-1-3-15(11-17)16-7-9-22-21(12-16)32(14-19(37-22)8-10-23(33)34)38(35,36)20-6-2-5-18(13-20)25(29,30)31/h1-7,9,11-13,19H,8,10,14H2,(H,33,34)/t19-/m0/s1. The number of nitrogens with zero attached hydrogens (tertiary/aromatic N) is 1. The molecule has 1 aliphatic rings. The van der Waals surface area contributed by atoms with Crippen LogP contribution in [-0.4, -0.2) is 32.1 Å². The summed E-state index contributed by atoms with van der Waals surface area (Å²) in [5, 5.41) is 9.02. The van der Waals surface area contributed by atoms with Gasteiger partial charge in [-0.1, -0.05) is 24.3 Å². The van der Waals surface area contributed by atoms with E-state index in [4.69, 9.17) is 9.84 Å². The molecule has 0 saturated heterocycles. The van der Waals surface area contributed by atoms with E-state index in [9.17, 15) is 39.6 Å². The van der Waals surface area contributed by atoms with Crippen LogP contribution in [0.3, 0.4) is 0 Å². The average Bonchev–Trinajstić information content (AvgIpc) is 2.85. The number of halogens is 6. The third-order valence-electron chi connectivity index (χ3n) is 5.84. The molecule has 3 aromatic carbocycles. The van der Waals surface area contributed by atoms with Gasteiger partial charge in [-0.2, -0.15) is 26.3 Å². The van der Waals surface area contributed by atoms with Crippen molar-refractivity contribution < 1.29 is 49.4 Å². The van der Waals surface area contributed by atoms with E-state index in [1.807, 2.05) is 0 Å². The monoisotopic (exact) mass is 559 g/mol. The number of sulfonamides is 1. The number of carboxylic acid groups (broad SMARTS) is 1. The van der Waals surface area contributed by atoms with Gasteiger partial charge in [-0.15, -0.1) is 0 Å². The first-order valence-corrected chi connectivity index (χ1v) is 12.5. The van der Waals surface area contributed by atoms with E-state index in [1.165, 1.54) is 30.3 Å². The molecule has 0 radical (unpaired) electrons. The Kier molecular flexibility index (Phi) is 7.08. The fourth-order valence-corrected chi connectivity index (χ4v) is 5.53. The van der Waals surface area contributed by atoms with Crippen LogP contribution in [0.4, 0.5) is 32.0 Å². The molecule has 202 valence electrons.